The van der Waals surface area contributed by atoms with Crippen LogP contribution >= 0.6 is 11.3 Å². The van der Waals surface area contributed by atoms with E-state index >= 15 is 0 Å². The number of aliphatic carboxylic acids is 1. The van der Waals surface area contributed by atoms with Crippen molar-refractivity contribution in [3.63, 3.8) is 0 Å². The van der Waals surface area contributed by atoms with Gasteiger partial charge in [0.2, 0.25) is 0 Å². The number of nitrogens with zero attached hydrogens (tertiary/aromatic N) is 2. The summed E-state index contributed by atoms with van der Waals surface area (Å²) in [6.45, 7) is 3.46. The number of carboxylic acids is 1. The van der Waals surface area contributed by atoms with Gasteiger partial charge in [-0.2, -0.15) is 0 Å². The molecule has 1 aliphatic heterocycles. The van der Waals surface area contributed by atoms with Crippen LogP contribution in [-0.4, -0.2) is 46.6 Å². The lowest BCUT2D eigenvalue weighted by Gasteiger charge is -2.16. The number of aromatic nitrogens is 1. The molecule has 2 rings (SSSR count). The van der Waals surface area contributed by atoms with Crippen molar-refractivity contribution < 1.29 is 14.7 Å². The Morgan fingerprint density at radius 2 is 2.33 bits per heavy atom. The standard InChI is InChI=1S/C14H21N3O3S/c1-10-9-21-12(16-10)4-2-3-6-15-14(20)17-7-5-11(8-17)13(18)19/h9,11H,2-8H2,1H3,(H,15,20)(H,18,19). The average molecular weight is 311 g/mol. The first-order chi connectivity index (χ1) is 10.1. The maximum absolute atomic E-state index is 11.9. The van der Waals surface area contributed by atoms with Crippen LogP contribution in [0, 0.1) is 12.8 Å². The third kappa shape index (κ3) is 4.70. The van der Waals surface area contributed by atoms with Gasteiger partial charge < -0.3 is 15.3 Å². The average Bonchev–Trinajstić information content (AvgIpc) is 3.07. The molecule has 1 fully saturated rings. The van der Waals surface area contributed by atoms with Crippen molar-refractivity contribution in [2.75, 3.05) is 19.6 Å². The molecule has 116 valence electrons. The maximum atomic E-state index is 11.9. The highest BCUT2D eigenvalue weighted by Gasteiger charge is 2.30. The first-order valence-electron chi connectivity index (χ1n) is 7.23. The third-order valence-corrected chi connectivity index (χ3v) is 4.61. The number of carbonyl (C=O) groups is 2. The van der Waals surface area contributed by atoms with Gasteiger partial charge in [-0.25, -0.2) is 9.78 Å². The first kappa shape index (κ1) is 15.8. The molecule has 1 aromatic heterocycles. The maximum Gasteiger partial charge on any atom is 0.317 e. The van der Waals surface area contributed by atoms with Crippen LogP contribution in [0.15, 0.2) is 5.38 Å². The molecule has 21 heavy (non-hydrogen) atoms. The number of aryl methyl sites for hydroxylation is 2. The number of carboxylic acid groups (broad SMARTS) is 1. The molecule has 1 aromatic rings. The van der Waals surface area contributed by atoms with Gasteiger partial charge in [0, 0.05) is 30.7 Å². The lowest BCUT2D eigenvalue weighted by atomic mass is 10.1. The molecule has 7 heteroatoms. The summed E-state index contributed by atoms with van der Waals surface area (Å²) in [6, 6.07) is -0.149. The van der Waals surface area contributed by atoms with Gasteiger partial charge in [-0.15, -0.1) is 11.3 Å². The quantitative estimate of drug-likeness (QED) is 0.786. The van der Waals surface area contributed by atoms with Gasteiger partial charge in [0.05, 0.1) is 10.9 Å². The summed E-state index contributed by atoms with van der Waals surface area (Å²) < 4.78 is 0. The Morgan fingerprint density at radius 3 is 2.95 bits per heavy atom. The number of carbonyl (C=O) groups excluding carboxylic acids is 1. The topological polar surface area (TPSA) is 82.5 Å². The fourth-order valence-corrected chi connectivity index (χ4v) is 3.19. The summed E-state index contributed by atoms with van der Waals surface area (Å²) in [4.78, 5) is 28.7. The molecule has 0 radical (unpaired) electrons. The molecule has 0 bridgehead atoms. The second-order valence-electron chi connectivity index (χ2n) is 5.34. The van der Waals surface area contributed by atoms with Gasteiger partial charge in [-0.3, -0.25) is 4.79 Å². The highest BCUT2D eigenvalue weighted by atomic mass is 32.1. The van der Waals surface area contributed by atoms with Gasteiger partial charge in [0.15, 0.2) is 0 Å². The second-order valence-corrected chi connectivity index (χ2v) is 6.28. The first-order valence-corrected chi connectivity index (χ1v) is 8.11. The fourth-order valence-electron chi connectivity index (χ4n) is 2.37. The van der Waals surface area contributed by atoms with Crippen LogP contribution in [0.25, 0.3) is 0 Å². The van der Waals surface area contributed by atoms with Crippen molar-refractivity contribution in [3.05, 3.63) is 16.1 Å². The van der Waals surface area contributed by atoms with E-state index in [-0.39, 0.29) is 6.03 Å². The largest absolute Gasteiger partial charge is 0.481 e. The molecule has 2 heterocycles. The molecule has 1 aliphatic rings. The number of unbranched alkanes of at least 4 members (excludes halogenated alkanes) is 1. The highest BCUT2D eigenvalue weighted by Crippen LogP contribution is 2.16. The monoisotopic (exact) mass is 311 g/mol. The normalized spacial score (nSPS) is 18.0. The van der Waals surface area contributed by atoms with Gasteiger partial charge in [-0.05, 0) is 32.6 Å². The van der Waals surface area contributed by atoms with Gasteiger partial charge in [0.25, 0.3) is 0 Å². The van der Waals surface area contributed by atoms with Crippen molar-refractivity contribution in [1.82, 2.24) is 15.2 Å². The van der Waals surface area contributed by atoms with Crippen molar-refractivity contribution in [2.24, 2.45) is 5.92 Å². The molecule has 1 saturated heterocycles. The van der Waals surface area contributed by atoms with E-state index in [9.17, 15) is 9.59 Å². The van der Waals surface area contributed by atoms with E-state index in [0.717, 1.165) is 30.0 Å². The van der Waals surface area contributed by atoms with Crippen LogP contribution in [0.4, 0.5) is 4.79 Å². The number of hydrogen-bond donors (Lipinski definition) is 2. The second kappa shape index (κ2) is 7.40. The number of rotatable bonds is 6. The molecule has 6 nitrogen and oxygen atoms in total. The van der Waals surface area contributed by atoms with E-state index < -0.39 is 11.9 Å². The van der Waals surface area contributed by atoms with Crippen LogP contribution in [0.3, 0.4) is 0 Å². The lowest BCUT2D eigenvalue weighted by Crippen LogP contribution is -2.39. The van der Waals surface area contributed by atoms with Crippen LogP contribution in [-0.2, 0) is 11.2 Å². The number of likely N-dealkylation sites (tertiary alicyclic amines) is 1. The smallest absolute Gasteiger partial charge is 0.317 e. The Labute approximate surface area is 128 Å². The number of hydrogen-bond acceptors (Lipinski definition) is 4. The minimum atomic E-state index is -0.816. The Hall–Kier alpha value is -1.63. The van der Waals surface area contributed by atoms with Crippen LogP contribution in [0.2, 0.25) is 0 Å². The number of amides is 2. The fraction of sp³-hybridized carbons (Fsp3) is 0.643. The van der Waals surface area contributed by atoms with Crippen LogP contribution in [0.1, 0.15) is 30.0 Å². The molecule has 0 aromatic carbocycles. The zero-order valence-electron chi connectivity index (χ0n) is 12.2. The van der Waals surface area contributed by atoms with Crippen molar-refractivity contribution >= 4 is 23.3 Å². The molecule has 0 aliphatic carbocycles. The minimum absolute atomic E-state index is 0.149. The van der Waals surface area contributed by atoms with E-state index in [0.29, 0.717) is 26.1 Å². The van der Waals surface area contributed by atoms with Gasteiger partial charge in [0.1, 0.15) is 0 Å². The Morgan fingerprint density at radius 1 is 1.52 bits per heavy atom. The van der Waals surface area contributed by atoms with Crippen molar-refractivity contribution in [2.45, 2.75) is 32.6 Å². The summed E-state index contributed by atoms with van der Waals surface area (Å²) >= 11 is 1.67. The molecule has 0 spiro atoms. The lowest BCUT2D eigenvalue weighted by molar-refractivity contribution is -0.141. The Bertz CT molecular complexity index is 503. The number of nitrogens with one attached hydrogen (secondary N) is 1. The number of urea groups is 1. The molecule has 1 atom stereocenters. The zero-order valence-corrected chi connectivity index (χ0v) is 13.0. The highest BCUT2D eigenvalue weighted by molar-refractivity contribution is 7.09. The van der Waals surface area contributed by atoms with Crippen LogP contribution < -0.4 is 5.32 Å². The molecule has 2 amide bonds. The van der Waals surface area contributed by atoms with E-state index in [1.807, 2.05) is 12.3 Å². The summed E-state index contributed by atoms with van der Waals surface area (Å²) in [5, 5.41) is 14.9. The Kier molecular flexibility index (Phi) is 5.55. The van der Waals surface area contributed by atoms with Crippen LogP contribution in [0.5, 0.6) is 0 Å². The molecular weight excluding hydrogens is 290 g/mol. The summed E-state index contributed by atoms with van der Waals surface area (Å²) in [5.41, 5.74) is 1.06. The van der Waals surface area contributed by atoms with Gasteiger partial charge >= 0.3 is 12.0 Å². The van der Waals surface area contributed by atoms with E-state index in [1.54, 1.807) is 16.2 Å². The zero-order chi connectivity index (χ0) is 15.2. The van der Waals surface area contributed by atoms with Crippen molar-refractivity contribution in [1.29, 1.82) is 0 Å². The Balaban J connectivity index is 1.58. The molecule has 2 N–H and O–H groups in total. The number of thiazole rings is 1. The minimum Gasteiger partial charge on any atom is -0.481 e. The van der Waals surface area contributed by atoms with Gasteiger partial charge in [-0.1, -0.05) is 0 Å². The predicted octanol–water partition coefficient (Wildman–Crippen LogP) is 1.89. The van der Waals surface area contributed by atoms with E-state index in [1.165, 1.54) is 0 Å². The molecule has 1 unspecified atom stereocenters. The third-order valence-electron chi connectivity index (χ3n) is 3.58. The summed E-state index contributed by atoms with van der Waals surface area (Å²) in [7, 11) is 0. The summed E-state index contributed by atoms with van der Waals surface area (Å²) in [6.07, 6.45) is 3.39. The molecule has 0 saturated carbocycles. The van der Waals surface area contributed by atoms with E-state index in [4.69, 9.17) is 5.11 Å². The van der Waals surface area contributed by atoms with Crippen molar-refractivity contribution in [3.8, 4) is 0 Å². The van der Waals surface area contributed by atoms with E-state index in [2.05, 4.69) is 10.3 Å². The molecular formula is C14H21N3O3S. The summed E-state index contributed by atoms with van der Waals surface area (Å²) in [5.74, 6) is -1.23. The SMILES string of the molecule is Cc1csc(CCCCNC(=O)N2CCC(C(=O)O)C2)n1. The predicted molar refractivity (Wildman–Crippen MR) is 80.5 cm³/mol.